The summed E-state index contributed by atoms with van der Waals surface area (Å²) in [5.41, 5.74) is 2.85. The summed E-state index contributed by atoms with van der Waals surface area (Å²) in [5.74, 6) is -0.775. The number of thioether (sulfide) groups is 1. The molecule has 1 aliphatic rings. The number of halogens is 1. The Morgan fingerprint density at radius 3 is 2.17 bits per heavy atom. The van der Waals surface area contributed by atoms with Crippen LogP contribution in [0.1, 0.15) is 48.8 Å². The minimum Gasteiger partial charge on any atom is -0.352 e. The lowest BCUT2D eigenvalue weighted by Crippen LogP contribution is -2.55. The predicted molar refractivity (Wildman–Crippen MR) is 195 cm³/mol. The van der Waals surface area contributed by atoms with E-state index >= 15 is 0 Å². The van der Waals surface area contributed by atoms with Gasteiger partial charge in [-0.1, -0.05) is 97.1 Å². The highest BCUT2D eigenvalue weighted by molar-refractivity contribution is 7.98. The van der Waals surface area contributed by atoms with E-state index in [0.29, 0.717) is 16.3 Å². The lowest BCUT2D eigenvalue weighted by molar-refractivity contribution is -0.140. The zero-order valence-corrected chi connectivity index (χ0v) is 29.7. The van der Waals surface area contributed by atoms with Crippen molar-refractivity contribution in [3.8, 4) is 0 Å². The number of hydrogen-bond acceptors (Lipinski definition) is 5. The first-order chi connectivity index (χ1) is 23.2. The number of carbonyl (C=O) groups excluding carboxylic acids is 2. The van der Waals surface area contributed by atoms with E-state index in [2.05, 4.69) is 5.32 Å². The molecule has 5 rings (SSSR count). The molecule has 0 aromatic heterocycles. The maximum atomic E-state index is 14.7. The molecule has 0 radical (unpaired) electrons. The highest BCUT2D eigenvalue weighted by atomic mass is 35.5. The van der Waals surface area contributed by atoms with Crippen LogP contribution in [0.25, 0.3) is 0 Å². The van der Waals surface area contributed by atoms with Crippen LogP contribution < -0.4 is 9.62 Å². The number of nitrogens with one attached hydrogen (secondary N) is 1. The number of rotatable bonds is 13. The van der Waals surface area contributed by atoms with Gasteiger partial charge in [-0.15, -0.1) is 11.8 Å². The van der Waals surface area contributed by atoms with E-state index in [4.69, 9.17) is 11.6 Å². The summed E-state index contributed by atoms with van der Waals surface area (Å²) < 4.78 is 29.7. The van der Waals surface area contributed by atoms with Crippen molar-refractivity contribution in [2.45, 2.75) is 73.9 Å². The number of benzene rings is 4. The molecule has 0 bridgehead atoms. The van der Waals surface area contributed by atoms with Gasteiger partial charge < -0.3 is 10.2 Å². The molecule has 0 aliphatic heterocycles. The average molecular weight is 704 g/mol. The van der Waals surface area contributed by atoms with Crippen molar-refractivity contribution in [3.63, 3.8) is 0 Å². The first-order valence-electron chi connectivity index (χ1n) is 16.3. The molecular weight excluding hydrogens is 662 g/mol. The van der Waals surface area contributed by atoms with Crippen molar-refractivity contribution in [1.29, 1.82) is 0 Å². The Hall–Kier alpha value is -3.79. The highest BCUT2D eigenvalue weighted by Crippen LogP contribution is 2.28. The maximum absolute atomic E-state index is 14.7. The summed E-state index contributed by atoms with van der Waals surface area (Å²) in [7, 11) is -4.18. The molecule has 4 aromatic carbocycles. The summed E-state index contributed by atoms with van der Waals surface area (Å²) in [6.45, 7) is 1.43. The number of anilines is 1. The van der Waals surface area contributed by atoms with E-state index in [9.17, 15) is 18.0 Å². The van der Waals surface area contributed by atoms with Crippen LogP contribution in [0.3, 0.4) is 0 Å². The summed E-state index contributed by atoms with van der Waals surface area (Å²) in [6, 6.07) is 29.5. The number of hydrogen-bond donors (Lipinski definition) is 1. The molecule has 1 saturated carbocycles. The molecule has 7 nitrogen and oxygen atoms in total. The largest absolute Gasteiger partial charge is 0.352 e. The zero-order chi connectivity index (χ0) is 34.1. The Morgan fingerprint density at radius 1 is 0.875 bits per heavy atom. The molecule has 0 spiro atoms. The van der Waals surface area contributed by atoms with Gasteiger partial charge in [0.2, 0.25) is 11.8 Å². The molecule has 10 heteroatoms. The number of sulfonamides is 1. The van der Waals surface area contributed by atoms with Gasteiger partial charge in [-0.2, -0.15) is 0 Å². The second-order valence-electron chi connectivity index (χ2n) is 12.2. The number of amides is 2. The Bertz CT molecular complexity index is 1780. The van der Waals surface area contributed by atoms with Crippen LogP contribution in [0.2, 0.25) is 5.02 Å². The molecule has 1 aliphatic carbocycles. The Morgan fingerprint density at radius 2 is 1.52 bits per heavy atom. The van der Waals surface area contributed by atoms with E-state index in [-0.39, 0.29) is 29.8 Å². The van der Waals surface area contributed by atoms with E-state index < -0.39 is 28.5 Å². The van der Waals surface area contributed by atoms with Crippen LogP contribution in [0, 0.1) is 6.92 Å². The van der Waals surface area contributed by atoms with Crippen LogP contribution in [-0.4, -0.2) is 50.0 Å². The topological polar surface area (TPSA) is 86.8 Å². The summed E-state index contributed by atoms with van der Waals surface area (Å²) in [4.78, 5) is 31.4. The van der Waals surface area contributed by atoms with E-state index in [0.717, 1.165) is 52.4 Å². The number of carbonyl (C=O) groups is 2. The third kappa shape index (κ3) is 9.01. The smallest absolute Gasteiger partial charge is 0.264 e. The van der Waals surface area contributed by atoms with E-state index in [1.54, 1.807) is 42.5 Å². The predicted octanol–water partition coefficient (Wildman–Crippen LogP) is 7.65. The Balaban J connectivity index is 1.56. The molecule has 0 heterocycles. The first kappa shape index (κ1) is 35.5. The van der Waals surface area contributed by atoms with Gasteiger partial charge >= 0.3 is 0 Å². The average Bonchev–Trinajstić information content (AvgIpc) is 3.10. The number of nitrogens with zero attached hydrogens (tertiary/aromatic N) is 2. The van der Waals surface area contributed by atoms with Crippen molar-refractivity contribution in [1.82, 2.24) is 10.2 Å². The monoisotopic (exact) mass is 703 g/mol. The Kier molecular flexibility index (Phi) is 12.2. The van der Waals surface area contributed by atoms with Crippen LogP contribution in [-0.2, 0) is 32.6 Å². The fourth-order valence-electron chi connectivity index (χ4n) is 6.02. The fraction of sp³-hybridized carbons (Fsp3) is 0.316. The van der Waals surface area contributed by atoms with Crippen molar-refractivity contribution in [3.05, 3.63) is 125 Å². The zero-order valence-electron chi connectivity index (χ0n) is 27.3. The Labute approximate surface area is 293 Å². The lowest BCUT2D eigenvalue weighted by Gasteiger charge is -2.35. The van der Waals surface area contributed by atoms with E-state index in [1.807, 2.05) is 73.8 Å². The van der Waals surface area contributed by atoms with Gasteiger partial charge in [0.15, 0.2) is 0 Å². The molecule has 2 amide bonds. The minimum atomic E-state index is -4.18. The molecule has 1 unspecified atom stereocenters. The first-order valence-corrected chi connectivity index (χ1v) is 19.3. The van der Waals surface area contributed by atoms with Crippen LogP contribution in [0.5, 0.6) is 0 Å². The minimum absolute atomic E-state index is 0.0236. The van der Waals surface area contributed by atoms with Gasteiger partial charge in [0.05, 0.1) is 10.6 Å². The SMILES string of the molecule is CSc1ccc(S(=O)(=O)N(CC(=O)N(Cc2ccccc2Cl)C(Cc2ccccc2)C(=O)NC2CCCCC2)c2ccc(C)cc2)cc1. The molecule has 48 heavy (non-hydrogen) atoms. The normalized spacial score (nSPS) is 14.2. The molecule has 1 N–H and O–H groups in total. The summed E-state index contributed by atoms with van der Waals surface area (Å²) >= 11 is 8.13. The van der Waals surface area contributed by atoms with Gasteiger partial charge in [-0.05, 0) is 79.6 Å². The van der Waals surface area contributed by atoms with Crippen molar-refractivity contribution < 1.29 is 18.0 Å². The standard InChI is InChI=1S/C38H42ClN3O4S2/c1-28-17-19-32(20-18-28)42(48(45,46)34-23-21-33(47-2)22-24-34)27-37(43)41(26-30-13-9-10-16-35(30)39)36(25-29-11-5-3-6-12-29)38(44)40-31-14-7-4-8-15-31/h3,5-6,9-13,16-24,31,36H,4,7-8,14-15,25-27H2,1-2H3,(H,40,44). The van der Waals surface area contributed by atoms with Gasteiger partial charge in [-0.25, -0.2) is 8.42 Å². The second-order valence-corrected chi connectivity index (χ2v) is 15.3. The molecule has 0 saturated heterocycles. The fourth-order valence-corrected chi connectivity index (χ4v) is 8.04. The van der Waals surface area contributed by atoms with Crippen molar-refractivity contribution >= 4 is 50.9 Å². The van der Waals surface area contributed by atoms with Crippen molar-refractivity contribution in [2.24, 2.45) is 0 Å². The second kappa shape index (κ2) is 16.5. The summed E-state index contributed by atoms with van der Waals surface area (Å²) in [6.07, 6.45) is 7.16. The molecule has 252 valence electrons. The third-order valence-electron chi connectivity index (χ3n) is 8.77. The van der Waals surface area contributed by atoms with Crippen LogP contribution in [0.4, 0.5) is 5.69 Å². The molecule has 4 aromatic rings. The summed E-state index contributed by atoms with van der Waals surface area (Å²) in [5, 5.41) is 3.69. The van der Waals surface area contributed by atoms with E-state index in [1.165, 1.54) is 16.7 Å². The van der Waals surface area contributed by atoms with Gasteiger partial charge in [0.25, 0.3) is 10.0 Å². The van der Waals surface area contributed by atoms with Crippen molar-refractivity contribution in [2.75, 3.05) is 17.1 Å². The lowest BCUT2D eigenvalue weighted by atomic mass is 9.94. The van der Waals surface area contributed by atoms with Gasteiger partial charge in [0, 0.05) is 28.9 Å². The third-order valence-corrected chi connectivity index (χ3v) is 11.7. The quantitative estimate of drug-likeness (QED) is 0.145. The van der Waals surface area contributed by atoms with Crippen LogP contribution in [0.15, 0.2) is 113 Å². The maximum Gasteiger partial charge on any atom is 0.264 e. The van der Waals surface area contributed by atoms with Gasteiger partial charge in [-0.3, -0.25) is 13.9 Å². The van der Waals surface area contributed by atoms with Gasteiger partial charge in [0.1, 0.15) is 12.6 Å². The molecule has 1 fully saturated rings. The van der Waals surface area contributed by atoms with Crippen LogP contribution >= 0.6 is 23.4 Å². The molecule has 1 atom stereocenters. The highest BCUT2D eigenvalue weighted by Gasteiger charge is 2.35. The number of aryl methyl sites for hydroxylation is 1. The molecular formula is C38H42ClN3O4S2.